The smallest absolute Gasteiger partial charge is 0.327 e. The Kier molecular flexibility index (Phi) is 4.33. The average Bonchev–Trinajstić information content (AvgIpc) is 2.95. The Bertz CT molecular complexity index is 1030. The molecule has 2 fully saturated rings. The lowest BCUT2D eigenvalue weighted by Crippen LogP contribution is -2.75. The molecule has 0 saturated carbocycles. The number of hydrogen-bond acceptors (Lipinski definition) is 6. The highest BCUT2D eigenvalue weighted by atomic mass is 79.9. The van der Waals surface area contributed by atoms with Crippen molar-refractivity contribution in [3.63, 3.8) is 0 Å². The van der Waals surface area contributed by atoms with Crippen molar-refractivity contribution in [1.29, 1.82) is 0 Å². The maximum Gasteiger partial charge on any atom is 0.327 e. The Balaban J connectivity index is 1.66. The number of fused-ring (bicyclic) bond motifs is 2. The minimum Gasteiger partial charge on any atom is -0.480 e. The molecule has 2 N–H and O–H groups in total. The molecule has 1 amide bonds. The fraction of sp³-hybridized carbons (Fsp3) is 0.368. The number of para-hydroxylation sites is 1. The summed E-state index contributed by atoms with van der Waals surface area (Å²) in [7, 11) is 0. The van der Waals surface area contributed by atoms with Gasteiger partial charge in [0.05, 0.1) is 5.52 Å². The molecule has 2 aliphatic heterocycles. The van der Waals surface area contributed by atoms with E-state index in [1.54, 1.807) is 26.0 Å². The number of benzene rings is 1. The number of carbonyl (C=O) groups excluding carboxylic acids is 2. The summed E-state index contributed by atoms with van der Waals surface area (Å²) in [6, 6.07) is 7.86. The lowest BCUT2D eigenvalue weighted by molar-refractivity contribution is -0.163. The lowest BCUT2D eigenvalue weighted by atomic mass is 9.84. The summed E-state index contributed by atoms with van der Waals surface area (Å²) in [5.41, 5.74) is 0.902. The van der Waals surface area contributed by atoms with Gasteiger partial charge in [-0.2, -0.15) is 0 Å². The third kappa shape index (κ3) is 2.53. The van der Waals surface area contributed by atoms with Crippen molar-refractivity contribution < 1.29 is 24.6 Å². The Morgan fingerprint density at radius 2 is 2.00 bits per heavy atom. The van der Waals surface area contributed by atoms with Crippen molar-refractivity contribution >= 4 is 56.3 Å². The summed E-state index contributed by atoms with van der Waals surface area (Å²) in [6.07, 6.45) is -0.295. The highest BCUT2D eigenvalue weighted by molar-refractivity contribution is 9.10. The van der Waals surface area contributed by atoms with Gasteiger partial charge in [0.15, 0.2) is 10.1 Å². The highest BCUT2D eigenvalue weighted by Gasteiger charge is 2.73. The van der Waals surface area contributed by atoms with E-state index in [2.05, 4.69) is 20.9 Å². The van der Waals surface area contributed by atoms with Gasteiger partial charge in [0.25, 0.3) is 0 Å². The average molecular weight is 465 g/mol. The lowest BCUT2D eigenvalue weighted by Gasteiger charge is -2.51. The molecule has 0 radical (unpaired) electrons. The second-order valence-electron chi connectivity index (χ2n) is 7.48. The van der Waals surface area contributed by atoms with E-state index in [1.165, 1.54) is 22.9 Å². The number of β-lactam (4-membered cyclic amide) rings is 1. The highest BCUT2D eigenvalue weighted by Crippen LogP contribution is 2.59. The third-order valence-corrected chi connectivity index (χ3v) is 8.44. The van der Waals surface area contributed by atoms with E-state index in [1.807, 2.05) is 18.2 Å². The second kappa shape index (κ2) is 6.27. The summed E-state index contributed by atoms with van der Waals surface area (Å²) in [4.78, 5) is 42.9. The molecule has 1 unspecified atom stereocenters. The third-order valence-electron chi connectivity index (χ3n) is 5.28. The van der Waals surface area contributed by atoms with Gasteiger partial charge < -0.3 is 15.1 Å². The molecule has 28 heavy (non-hydrogen) atoms. The van der Waals surface area contributed by atoms with E-state index < -0.39 is 44.3 Å². The van der Waals surface area contributed by atoms with Crippen molar-refractivity contribution in [2.45, 2.75) is 40.4 Å². The van der Waals surface area contributed by atoms with Gasteiger partial charge >= 0.3 is 5.97 Å². The first-order valence-electron chi connectivity index (χ1n) is 8.58. The molecule has 4 rings (SSSR count). The zero-order valence-corrected chi connectivity index (χ0v) is 17.4. The largest absolute Gasteiger partial charge is 0.480 e. The summed E-state index contributed by atoms with van der Waals surface area (Å²) in [5.74, 6) is -2.35. The number of Topliss-reactive ketones (excluding diaryl/α,β-unsaturated/α-hetero) is 1. The van der Waals surface area contributed by atoms with Crippen LogP contribution in [0.5, 0.6) is 0 Å². The summed E-state index contributed by atoms with van der Waals surface area (Å²) in [6.45, 7) is 3.47. The Hall–Kier alpha value is -1.97. The predicted octanol–water partition coefficient (Wildman–Crippen LogP) is 2.06. The van der Waals surface area contributed by atoms with Gasteiger partial charge in [0, 0.05) is 21.9 Å². The molecule has 146 valence electrons. The van der Waals surface area contributed by atoms with Crippen LogP contribution in [0.3, 0.4) is 0 Å². The molecule has 0 aliphatic carbocycles. The molecule has 1 aromatic heterocycles. The number of aromatic nitrogens is 1. The zero-order chi connectivity index (χ0) is 20.4. The standard InChI is InChI=1S/C19H17BrN2O5S/c1-18(2)13(15(25)26)22-16(27)19(20,17(22)28-18)14(24)12(23)10-7-9-5-3-4-6-11(9)21-8-10/h3-8,13-14,17,24H,1-2H3,(H,25,26)/t13-,14+,17+,19?/m0/s1. The van der Waals surface area contributed by atoms with E-state index in [0.717, 1.165) is 5.39 Å². The number of halogens is 1. The minimum absolute atomic E-state index is 0.188. The molecule has 2 aliphatic rings. The second-order valence-corrected chi connectivity index (χ2v) is 10.5. The van der Waals surface area contributed by atoms with Crippen molar-refractivity contribution in [1.82, 2.24) is 9.88 Å². The summed E-state index contributed by atoms with van der Waals surface area (Å²) < 4.78 is -2.32. The fourth-order valence-corrected chi connectivity index (χ4v) is 6.42. The number of ketones is 1. The molecule has 0 spiro atoms. The van der Waals surface area contributed by atoms with Crippen LogP contribution in [0.4, 0.5) is 0 Å². The van der Waals surface area contributed by atoms with Crippen LogP contribution in [0.2, 0.25) is 0 Å². The number of carboxylic acid groups (broad SMARTS) is 1. The SMILES string of the molecule is CC1(C)S[C@H]2N(C(=O)C2(Br)[C@H](O)C(=O)c2cnc3ccccc3c2)[C@H]1C(=O)O. The number of carboxylic acids is 1. The maximum absolute atomic E-state index is 12.9. The zero-order valence-electron chi connectivity index (χ0n) is 15.0. The molecular weight excluding hydrogens is 448 g/mol. The monoisotopic (exact) mass is 464 g/mol. The van der Waals surface area contributed by atoms with Crippen LogP contribution in [-0.4, -0.2) is 64.3 Å². The van der Waals surface area contributed by atoms with Crippen LogP contribution in [0, 0.1) is 0 Å². The van der Waals surface area contributed by atoms with Gasteiger partial charge in [-0.1, -0.05) is 34.1 Å². The number of carbonyl (C=O) groups is 3. The normalized spacial score (nSPS) is 29.3. The van der Waals surface area contributed by atoms with Crippen molar-refractivity contribution in [3.05, 3.63) is 42.1 Å². The van der Waals surface area contributed by atoms with Crippen LogP contribution >= 0.6 is 27.7 Å². The van der Waals surface area contributed by atoms with Crippen LogP contribution in [0.15, 0.2) is 36.5 Å². The first-order valence-corrected chi connectivity index (χ1v) is 10.3. The van der Waals surface area contributed by atoms with Gasteiger partial charge in [-0.3, -0.25) is 14.6 Å². The van der Waals surface area contributed by atoms with Gasteiger partial charge in [0.2, 0.25) is 5.91 Å². The molecule has 1 aromatic carbocycles. The van der Waals surface area contributed by atoms with Crippen LogP contribution < -0.4 is 0 Å². The van der Waals surface area contributed by atoms with Crippen LogP contribution in [-0.2, 0) is 9.59 Å². The van der Waals surface area contributed by atoms with Crippen LogP contribution in [0.1, 0.15) is 24.2 Å². The van der Waals surface area contributed by atoms with Gasteiger partial charge in [-0.25, -0.2) is 4.79 Å². The number of rotatable bonds is 4. The van der Waals surface area contributed by atoms with Crippen molar-refractivity contribution in [3.8, 4) is 0 Å². The van der Waals surface area contributed by atoms with Gasteiger partial charge in [0.1, 0.15) is 17.5 Å². The molecule has 2 aromatic rings. The first kappa shape index (κ1) is 19.4. The van der Waals surface area contributed by atoms with E-state index >= 15 is 0 Å². The number of aliphatic hydroxyl groups excluding tert-OH is 1. The van der Waals surface area contributed by atoms with Gasteiger partial charge in [-0.05, 0) is 26.0 Å². The molecular formula is C19H17BrN2O5S. The molecule has 9 heteroatoms. The number of hydrogen-bond donors (Lipinski definition) is 2. The Morgan fingerprint density at radius 1 is 1.32 bits per heavy atom. The number of aliphatic carboxylic acids is 1. The Morgan fingerprint density at radius 3 is 2.68 bits per heavy atom. The first-order chi connectivity index (χ1) is 13.1. The number of nitrogens with zero attached hydrogens (tertiary/aromatic N) is 2. The number of amides is 1. The molecule has 4 atom stereocenters. The molecule has 3 heterocycles. The number of thioether (sulfide) groups is 1. The molecule has 7 nitrogen and oxygen atoms in total. The summed E-state index contributed by atoms with van der Waals surface area (Å²) >= 11 is 4.54. The molecule has 0 bridgehead atoms. The van der Waals surface area contributed by atoms with Crippen molar-refractivity contribution in [2.75, 3.05) is 0 Å². The van der Waals surface area contributed by atoms with E-state index in [-0.39, 0.29) is 5.56 Å². The quantitative estimate of drug-likeness (QED) is 0.404. The molecule has 2 saturated heterocycles. The van der Waals surface area contributed by atoms with E-state index in [9.17, 15) is 24.6 Å². The van der Waals surface area contributed by atoms with E-state index in [4.69, 9.17) is 0 Å². The number of aliphatic hydroxyl groups is 1. The number of alkyl halides is 1. The maximum atomic E-state index is 12.9. The Labute approximate surface area is 173 Å². The minimum atomic E-state index is -1.67. The van der Waals surface area contributed by atoms with Crippen molar-refractivity contribution in [2.24, 2.45) is 0 Å². The number of pyridine rings is 1. The predicted molar refractivity (Wildman–Crippen MR) is 107 cm³/mol. The topological polar surface area (TPSA) is 108 Å². The summed E-state index contributed by atoms with van der Waals surface area (Å²) in [5, 5.41) is 20.4. The van der Waals surface area contributed by atoms with E-state index in [0.29, 0.717) is 5.52 Å². The fourth-order valence-electron chi connectivity index (χ4n) is 3.85. The van der Waals surface area contributed by atoms with Crippen LogP contribution in [0.25, 0.3) is 10.9 Å². The van der Waals surface area contributed by atoms with Gasteiger partial charge in [-0.15, -0.1) is 11.8 Å².